The highest BCUT2D eigenvalue weighted by molar-refractivity contribution is 6.30. The van der Waals surface area contributed by atoms with E-state index in [1.807, 2.05) is 18.2 Å². The fourth-order valence-corrected chi connectivity index (χ4v) is 3.80. The Kier molecular flexibility index (Phi) is 5.81. The molecule has 0 atom stereocenters. The van der Waals surface area contributed by atoms with Crippen molar-refractivity contribution < 1.29 is 13.2 Å². The van der Waals surface area contributed by atoms with Gasteiger partial charge >= 0.3 is 6.18 Å². The third kappa shape index (κ3) is 4.84. The van der Waals surface area contributed by atoms with Crippen molar-refractivity contribution >= 4 is 34.7 Å². The van der Waals surface area contributed by atoms with Crippen LogP contribution >= 0.6 is 11.6 Å². The lowest BCUT2D eigenvalue weighted by Crippen LogP contribution is -2.12. The standard InChI is InChI=1S/C22H20ClF3N4/c23-16-8-10-17(11-9-16)29-21-27-13-19(22(24,25)26)20(30-21)28-18-7-3-6-15(12-18)14-4-1-2-5-14/h3,6-14H,1-2,4-5H2,(H2,27,28,29,30). The average Bonchev–Trinajstić information content (AvgIpc) is 3.24. The topological polar surface area (TPSA) is 49.8 Å². The average molecular weight is 433 g/mol. The molecule has 0 aliphatic heterocycles. The summed E-state index contributed by atoms with van der Waals surface area (Å²) in [6, 6.07) is 14.3. The summed E-state index contributed by atoms with van der Waals surface area (Å²) in [5.74, 6) is 0.221. The summed E-state index contributed by atoms with van der Waals surface area (Å²) in [5.41, 5.74) is 1.41. The van der Waals surface area contributed by atoms with E-state index in [0.717, 1.165) is 24.6 Å². The van der Waals surface area contributed by atoms with E-state index >= 15 is 0 Å². The minimum absolute atomic E-state index is 0.0553. The monoisotopic (exact) mass is 432 g/mol. The summed E-state index contributed by atoms with van der Waals surface area (Å²) in [5, 5.41) is 6.30. The number of aromatic nitrogens is 2. The van der Waals surface area contributed by atoms with Crippen LogP contribution in [0.15, 0.2) is 54.7 Å². The van der Waals surface area contributed by atoms with Crippen molar-refractivity contribution in [2.24, 2.45) is 0 Å². The third-order valence-electron chi connectivity index (χ3n) is 5.17. The maximum Gasteiger partial charge on any atom is 0.421 e. The lowest BCUT2D eigenvalue weighted by Gasteiger charge is -2.16. The van der Waals surface area contributed by atoms with Crippen LogP contribution in [0.25, 0.3) is 0 Å². The molecule has 156 valence electrons. The Morgan fingerprint density at radius 1 is 0.933 bits per heavy atom. The Morgan fingerprint density at radius 2 is 1.67 bits per heavy atom. The zero-order valence-electron chi connectivity index (χ0n) is 16.0. The predicted molar refractivity (Wildman–Crippen MR) is 113 cm³/mol. The Balaban J connectivity index is 1.63. The maximum absolute atomic E-state index is 13.5. The number of halogens is 4. The van der Waals surface area contributed by atoms with Gasteiger partial charge in [-0.05, 0) is 60.7 Å². The van der Waals surface area contributed by atoms with Crippen LogP contribution in [-0.2, 0) is 6.18 Å². The summed E-state index contributed by atoms with van der Waals surface area (Å²) < 4.78 is 40.6. The second kappa shape index (κ2) is 8.52. The van der Waals surface area contributed by atoms with Gasteiger partial charge in [0.15, 0.2) is 0 Å². The van der Waals surface area contributed by atoms with Gasteiger partial charge in [0.05, 0.1) is 0 Å². The molecule has 3 aromatic rings. The summed E-state index contributed by atoms with van der Waals surface area (Å²) in [6.07, 6.45) is 0.802. The van der Waals surface area contributed by atoms with E-state index < -0.39 is 11.7 Å². The van der Waals surface area contributed by atoms with Gasteiger partial charge in [-0.3, -0.25) is 0 Å². The lowest BCUT2D eigenvalue weighted by molar-refractivity contribution is -0.137. The molecule has 0 saturated heterocycles. The fraction of sp³-hybridized carbons (Fsp3) is 0.273. The molecule has 2 N–H and O–H groups in total. The van der Waals surface area contributed by atoms with Crippen molar-refractivity contribution in [3.8, 4) is 0 Å². The predicted octanol–water partition coefficient (Wildman–Crippen LogP) is 7.29. The van der Waals surface area contributed by atoms with Gasteiger partial charge in [0.1, 0.15) is 11.4 Å². The van der Waals surface area contributed by atoms with Crippen LogP contribution in [-0.4, -0.2) is 9.97 Å². The van der Waals surface area contributed by atoms with E-state index in [-0.39, 0.29) is 11.8 Å². The lowest BCUT2D eigenvalue weighted by atomic mass is 9.97. The largest absolute Gasteiger partial charge is 0.421 e. The minimum atomic E-state index is -4.58. The summed E-state index contributed by atoms with van der Waals surface area (Å²) in [7, 11) is 0. The second-order valence-corrected chi connectivity index (χ2v) is 7.75. The minimum Gasteiger partial charge on any atom is -0.340 e. The van der Waals surface area contributed by atoms with Gasteiger partial charge in [-0.15, -0.1) is 0 Å². The van der Waals surface area contributed by atoms with Gasteiger partial charge in [-0.25, -0.2) is 4.98 Å². The molecule has 1 aromatic heterocycles. The molecule has 1 heterocycles. The van der Waals surface area contributed by atoms with Crippen LogP contribution in [0.3, 0.4) is 0 Å². The smallest absolute Gasteiger partial charge is 0.340 e. The maximum atomic E-state index is 13.5. The first-order chi connectivity index (χ1) is 14.4. The number of rotatable bonds is 5. The molecular weight excluding hydrogens is 413 g/mol. The van der Waals surface area contributed by atoms with Gasteiger partial charge in [0.2, 0.25) is 5.95 Å². The molecule has 0 unspecified atom stereocenters. The number of anilines is 4. The Morgan fingerprint density at radius 3 is 2.37 bits per heavy atom. The first-order valence-corrected chi connectivity index (χ1v) is 10.1. The molecule has 30 heavy (non-hydrogen) atoms. The molecule has 4 rings (SSSR count). The number of benzene rings is 2. The van der Waals surface area contributed by atoms with Gasteiger partial charge in [0.25, 0.3) is 0 Å². The van der Waals surface area contributed by atoms with Crippen molar-refractivity contribution in [2.45, 2.75) is 37.8 Å². The number of nitrogens with one attached hydrogen (secondary N) is 2. The van der Waals surface area contributed by atoms with E-state index in [1.54, 1.807) is 30.3 Å². The van der Waals surface area contributed by atoms with E-state index in [0.29, 0.717) is 22.3 Å². The zero-order valence-corrected chi connectivity index (χ0v) is 16.8. The normalized spacial score (nSPS) is 14.7. The summed E-state index contributed by atoms with van der Waals surface area (Å²) >= 11 is 5.87. The summed E-state index contributed by atoms with van der Waals surface area (Å²) in [4.78, 5) is 7.92. The fourth-order valence-electron chi connectivity index (χ4n) is 3.67. The number of alkyl halides is 3. The third-order valence-corrected chi connectivity index (χ3v) is 5.42. The highest BCUT2D eigenvalue weighted by Crippen LogP contribution is 2.37. The highest BCUT2D eigenvalue weighted by atomic mass is 35.5. The van der Waals surface area contributed by atoms with Crippen molar-refractivity contribution in [3.63, 3.8) is 0 Å². The molecule has 0 spiro atoms. The van der Waals surface area contributed by atoms with Crippen LogP contribution in [0.2, 0.25) is 5.02 Å². The van der Waals surface area contributed by atoms with Crippen LogP contribution in [0.1, 0.15) is 42.7 Å². The van der Waals surface area contributed by atoms with Crippen molar-refractivity contribution in [3.05, 3.63) is 70.9 Å². The molecule has 2 aromatic carbocycles. The Labute approximate surface area is 177 Å². The number of hydrogen-bond donors (Lipinski definition) is 2. The van der Waals surface area contributed by atoms with Gasteiger partial charge < -0.3 is 10.6 Å². The van der Waals surface area contributed by atoms with Gasteiger partial charge in [-0.2, -0.15) is 18.2 Å². The van der Waals surface area contributed by atoms with Gasteiger partial charge in [-0.1, -0.05) is 36.6 Å². The van der Waals surface area contributed by atoms with Crippen LogP contribution < -0.4 is 10.6 Å². The highest BCUT2D eigenvalue weighted by Gasteiger charge is 2.35. The van der Waals surface area contributed by atoms with E-state index in [2.05, 4.69) is 20.6 Å². The van der Waals surface area contributed by atoms with Crippen LogP contribution in [0.4, 0.5) is 36.3 Å². The van der Waals surface area contributed by atoms with Crippen molar-refractivity contribution in [2.75, 3.05) is 10.6 Å². The molecule has 1 saturated carbocycles. The number of hydrogen-bond acceptors (Lipinski definition) is 4. The van der Waals surface area contributed by atoms with E-state index in [4.69, 9.17) is 11.6 Å². The molecule has 1 fully saturated rings. The Bertz CT molecular complexity index is 1020. The van der Waals surface area contributed by atoms with Crippen molar-refractivity contribution in [1.82, 2.24) is 9.97 Å². The van der Waals surface area contributed by atoms with E-state index in [9.17, 15) is 13.2 Å². The summed E-state index contributed by atoms with van der Waals surface area (Å²) in [6.45, 7) is 0. The first kappa shape index (κ1) is 20.5. The molecule has 1 aliphatic rings. The molecule has 0 bridgehead atoms. The molecule has 8 heteroatoms. The van der Waals surface area contributed by atoms with Gasteiger partial charge in [0, 0.05) is 22.6 Å². The second-order valence-electron chi connectivity index (χ2n) is 7.32. The zero-order chi connectivity index (χ0) is 21.1. The van der Waals surface area contributed by atoms with Crippen LogP contribution in [0, 0.1) is 0 Å². The SMILES string of the molecule is FC(F)(F)c1cnc(Nc2ccc(Cl)cc2)nc1Nc1cccc(C2CCCC2)c1. The first-order valence-electron chi connectivity index (χ1n) is 9.72. The van der Waals surface area contributed by atoms with Crippen molar-refractivity contribution in [1.29, 1.82) is 0 Å². The molecule has 0 radical (unpaired) electrons. The molecular formula is C22H20ClF3N4. The molecule has 1 aliphatic carbocycles. The number of nitrogens with zero attached hydrogens (tertiary/aromatic N) is 2. The van der Waals surface area contributed by atoms with Crippen LogP contribution in [0.5, 0.6) is 0 Å². The van der Waals surface area contributed by atoms with E-state index in [1.165, 1.54) is 12.8 Å². The quantitative estimate of drug-likeness (QED) is 0.444. The molecule has 4 nitrogen and oxygen atoms in total. The Hall–Kier alpha value is -2.80. The molecule has 0 amide bonds.